The second-order valence-electron chi connectivity index (χ2n) is 5.58. The molecule has 16 heavy (non-hydrogen) atoms. The molecule has 0 atom stereocenters. The molecule has 0 saturated carbocycles. The summed E-state index contributed by atoms with van der Waals surface area (Å²) in [6, 6.07) is 0. The number of hydrogen-bond donors (Lipinski definition) is 0. The first-order chi connectivity index (χ1) is 7.33. The average molecular weight is 248 g/mol. The largest absolute Gasteiger partial charge is 0.229 e. The fourth-order valence-corrected chi connectivity index (χ4v) is 3.25. The van der Waals surface area contributed by atoms with Crippen LogP contribution in [0.15, 0.2) is 0 Å². The molecule has 0 bridgehead atoms. The molecule has 0 aromatic carbocycles. The quantitative estimate of drug-likeness (QED) is 0.583. The van der Waals surface area contributed by atoms with E-state index in [1.165, 1.54) is 6.42 Å². The Morgan fingerprint density at radius 3 is 1.81 bits per heavy atom. The van der Waals surface area contributed by atoms with Crippen molar-refractivity contribution in [1.82, 2.24) is 0 Å². The lowest BCUT2D eigenvalue weighted by atomic mass is 10.1. The molecule has 0 rings (SSSR count). The maximum atomic E-state index is 11.6. The summed E-state index contributed by atoms with van der Waals surface area (Å²) in [6.07, 6.45) is 5.07. The number of hydrogen-bond acceptors (Lipinski definition) is 2. The van der Waals surface area contributed by atoms with Crippen molar-refractivity contribution >= 4 is 9.84 Å². The van der Waals surface area contributed by atoms with Crippen LogP contribution in [0.1, 0.15) is 59.8 Å². The molecule has 0 radical (unpaired) electrons. The van der Waals surface area contributed by atoms with Gasteiger partial charge in [0, 0.05) is 0 Å². The fraction of sp³-hybridized carbons (Fsp3) is 1.00. The topological polar surface area (TPSA) is 34.1 Å². The average Bonchev–Trinajstić information content (AvgIpc) is 2.14. The molecule has 98 valence electrons. The van der Waals surface area contributed by atoms with E-state index >= 15 is 0 Å². The Morgan fingerprint density at radius 1 is 0.750 bits per heavy atom. The number of rotatable bonds is 9. The van der Waals surface area contributed by atoms with Crippen molar-refractivity contribution in [3.05, 3.63) is 0 Å². The van der Waals surface area contributed by atoms with Crippen LogP contribution in [0.2, 0.25) is 0 Å². The van der Waals surface area contributed by atoms with Gasteiger partial charge < -0.3 is 0 Å². The summed E-state index contributed by atoms with van der Waals surface area (Å²) in [5, 5.41) is 0. The van der Waals surface area contributed by atoms with E-state index in [-0.39, 0.29) is 0 Å². The lowest BCUT2D eigenvalue weighted by Crippen LogP contribution is -2.12. The monoisotopic (exact) mass is 248 g/mol. The van der Waals surface area contributed by atoms with Gasteiger partial charge in [-0.05, 0) is 24.7 Å². The highest BCUT2D eigenvalue weighted by Crippen LogP contribution is 2.10. The van der Waals surface area contributed by atoms with Gasteiger partial charge in [0.1, 0.15) is 9.84 Å². The summed E-state index contributed by atoms with van der Waals surface area (Å²) in [4.78, 5) is 0. The van der Waals surface area contributed by atoms with E-state index in [0.717, 1.165) is 31.6 Å². The zero-order valence-corrected chi connectivity index (χ0v) is 12.1. The molecule has 0 saturated heterocycles. The summed E-state index contributed by atoms with van der Waals surface area (Å²) in [7, 11) is -2.78. The van der Waals surface area contributed by atoms with Crippen molar-refractivity contribution < 1.29 is 8.42 Å². The van der Waals surface area contributed by atoms with E-state index in [2.05, 4.69) is 27.7 Å². The molecular formula is C13H28O2S. The van der Waals surface area contributed by atoms with E-state index in [1.807, 2.05) is 0 Å². The van der Waals surface area contributed by atoms with Gasteiger partial charge in [-0.1, -0.05) is 47.0 Å². The van der Waals surface area contributed by atoms with Crippen LogP contribution < -0.4 is 0 Å². The number of unbranched alkanes of at least 4 members (excludes halogenated alkanes) is 2. The molecule has 3 heteroatoms. The van der Waals surface area contributed by atoms with Gasteiger partial charge in [-0.15, -0.1) is 0 Å². The third-order valence-corrected chi connectivity index (χ3v) is 4.51. The SMILES string of the molecule is CC(C)CCCCCS(=O)(=O)CCC(C)C. The van der Waals surface area contributed by atoms with Crippen LogP contribution in [0, 0.1) is 11.8 Å². The lowest BCUT2D eigenvalue weighted by molar-refractivity contribution is 0.530. The Hall–Kier alpha value is -0.0500. The molecule has 0 N–H and O–H groups in total. The Morgan fingerprint density at radius 2 is 1.31 bits per heavy atom. The van der Waals surface area contributed by atoms with Crippen molar-refractivity contribution in [2.45, 2.75) is 59.8 Å². The maximum Gasteiger partial charge on any atom is 0.150 e. The van der Waals surface area contributed by atoms with Gasteiger partial charge in [0.15, 0.2) is 0 Å². The van der Waals surface area contributed by atoms with Gasteiger partial charge in [-0.25, -0.2) is 8.42 Å². The van der Waals surface area contributed by atoms with Gasteiger partial charge in [0.2, 0.25) is 0 Å². The standard InChI is InChI=1S/C13H28O2S/c1-12(2)8-6-5-7-10-16(14,15)11-9-13(3)4/h12-13H,5-11H2,1-4H3. The molecule has 0 heterocycles. The minimum atomic E-state index is -2.78. The molecule has 0 aromatic heterocycles. The minimum Gasteiger partial charge on any atom is -0.229 e. The molecule has 0 aromatic rings. The molecule has 0 fully saturated rings. The molecule has 0 spiro atoms. The Bertz CT molecular complexity index is 253. The molecular weight excluding hydrogens is 220 g/mol. The zero-order valence-electron chi connectivity index (χ0n) is 11.3. The molecule has 0 amide bonds. The maximum absolute atomic E-state index is 11.6. The first-order valence-corrected chi connectivity index (χ1v) is 8.36. The van der Waals surface area contributed by atoms with Crippen LogP contribution in [0.5, 0.6) is 0 Å². The molecule has 2 nitrogen and oxygen atoms in total. The summed E-state index contributed by atoms with van der Waals surface area (Å²) < 4.78 is 23.3. The van der Waals surface area contributed by atoms with E-state index in [0.29, 0.717) is 17.4 Å². The lowest BCUT2D eigenvalue weighted by Gasteiger charge is -2.07. The first-order valence-electron chi connectivity index (χ1n) is 6.54. The summed E-state index contributed by atoms with van der Waals surface area (Å²) in [6.45, 7) is 8.55. The van der Waals surface area contributed by atoms with Crippen molar-refractivity contribution in [2.24, 2.45) is 11.8 Å². The van der Waals surface area contributed by atoms with Crippen LogP contribution in [-0.2, 0) is 9.84 Å². The third-order valence-electron chi connectivity index (χ3n) is 2.74. The predicted octanol–water partition coefficient (Wildman–Crippen LogP) is 3.66. The van der Waals surface area contributed by atoms with Crippen LogP contribution in [-0.4, -0.2) is 19.9 Å². The van der Waals surface area contributed by atoms with E-state index in [4.69, 9.17) is 0 Å². The van der Waals surface area contributed by atoms with Gasteiger partial charge in [0.05, 0.1) is 11.5 Å². The molecule has 0 aliphatic heterocycles. The second-order valence-corrected chi connectivity index (χ2v) is 7.88. The van der Waals surface area contributed by atoms with Crippen LogP contribution in [0.3, 0.4) is 0 Å². The highest BCUT2D eigenvalue weighted by molar-refractivity contribution is 7.91. The first kappa shape index (κ1) is 16.0. The highest BCUT2D eigenvalue weighted by Gasteiger charge is 2.11. The van der Waals surface area contributed by atoms with Gasteiger partial charge in [0.25, 0.3) is 0 Å². The molecule has 0 aliphatic carbocycles. The van der Waals surface area contributed by atoms with Crippen LogP contribution in [0.4, 0.5) is 0 Å². The normalized spacial score (nSPS) is 12.6. The van der Waals surface area contributed by atoms with Crippen molar-refractivity contribution in [3.63, 3.8) is 0 Å². The van der Waals surface area contributed by atoms with Crippen molar-refractivity contribution in [1.29, 1.82) is 0 Å². The third kappa shape index (κ3) is 10.5. The van der Waals surface area contributed by atoms with E-state index in [1.54, 1.807) is 0 Å². The predicted molar refractivity (Wildman–Crippen MR) is 71.4 cm³/mol. The van der Waals surface area contributed by atoms with Crippen molar-refractivity contribution in [2.75, 3.05) is 11.5 Å². The highest BCUT2D eigenvalue weighted by atomic mass is 32.2. The summed E-state index contributed by atoms with van der Waals surface area (Å²) in [5.41, 5.74) is 0. The summed E-state index contributed by atoms with van der Waals surface area (Å²) >= 11 is 0. The Kier molecular flexibility index (Phi) is 8.08. The van der Waals surface area contributed by atoms with E-state index in [9.17, 15) is 8.42 Å². The number of sulfone groups is 1. The molecule has 0 aliphatic rings. The van der Waals surface area contributed by atoms with Gasteiger partial charge in [-0.2, -0.15) is 0 Å². The van der Waals surface area contributed by atoms with E-state index < -0.39 is 9.84 Å². The zero-order chi connectivity index (χ0) is 12.6. The van der Waals surface area contributed by atoms with Crippen molar-refractivity contribution in [3.8, 4) is 0 Å². The smallest absolute Gasteiger partial charge is 0.150 e. The summed E-state index contributed by atoms with van der Waals surface area (Å²) in [5.74, 6) is 1.97. The minimum absolute atomic E-state index is 0.370. The van der Waals surface area contributed by atoms with Crippen LogP contribution >= 0.6 is 0 Å². The van der Waals surface area contributed by atoms with Gasteiger partial charge >= 0.3 is 0 Å². The van der Waals surface area contributed by atoms with Crippen LogP contribution in [0.25, 0.3) is 0 Å². The van der Waals surface area contributed by atoms with Gasteiger partial charge in [-0.3, -0.25) is 0 Å². The molecule has 0 unspecified atom stereocenters. The Labute approximate surface area is 102 Å². The fourth-order valence-electron chi connectivity index (χ4n) is 1.57. The Balaban J connectivity index is 3.59. The second kappa shape index (κ2) is 8.10.